The lowest BCUT2D eigenvalue weighted by Gasteiger charge is -2.27. The molecule has 218 valence electrons. The molecule has 13 heteroatoms. The monoisotopic (exact) mass is 627 g/mol. The van der Waals surface area contributed by atoms with Crippen molar-refractivity contribution in [3.05, 3.63) is 83.0 Å². The summed E-state index contributed by atoms with van der Waals surface area (Å²) < 4.78 is 33.6. The number of amides is 1. The molecule has 0 fully saturated rings. The Hall–Kier alpha value is -3.80. The lowest BCUT2D eigenvalue weighted by molar-refractivity contribution is -0.141. The Morgan fingerprint density at radius 3 is 2.29 bits per heavy atom. The van der Waals surface area contributed by atoms with Crippen molar-refractivity contribution >= 4 is 56.6 Å². The van der Waals surface area contributed by atoms with Crippen LogP contribution in [0.2, 0.25) is 10.0 Å². The quantitative estimate of drug-likeness (QED) is 0.169. The van der Waals surface area contributed by atoms with E-state index in [1.165, 1.54) is 28.9 Å². The number of carbonyl (C=O) groups excluding carboxylic acids is 2. The number of sulfone groups is 1. The molecule has 0 radical (unpaired) electrons. The predicted octanol–water partition coefficient (Wildman–Crippen LogP) is 5.40. The molecule has 1 aliphatic heterocycles. The number of aromatic nitrogens is 4. The van der Waals surface area contributed by atoms with Gasteiger partial charge < -0.3 is 4.74 Å². The Morgan fingerprint density at radius 2 is 1.64 bits per heavy atom. The molecule has 1 amide bonds. The number of benzene rings is 2. The number of hydrogen-bond acceptors (Lipinski definition) is 8. The molecule has 2 aromatic heterocycles. The average Bonchev–Trinajstić information content (AvgIpc) is 3.47. The standard InChI is InChI=1S/C29H27Cl2N5O5S/c1-19(37)41-9-3-4-10-42(39,40)26-17-34-28-35(25-12-23(30)11-24(31)13-25)27(38)29(2,36(26)28)14-20-5-7-21(8-6-20)22-15-32-18-33-16-22/h5-8,11-13,15-18H,3-4,9-10,14H2,1-2H3. The number of nitrogens with zero attached hydrogens (tertiary/aromatic N) is 5. The van der Waals surface area contributed by atoms with Crippen molar-refractivity contribution in [3.63, 3.8) is 0 Å². The second kappa shape index (κ2) is 11.8. The summed E-state index contributed by atoms with van der Waals surface area (Å²) in [5.41, 5.74) is 1.57. The summed E-state index contributed by atoms with van der Waals surface area (Å²) in [6.07, 6.45) is 6.97. The summed E-state index contributed by atoms with van der Waals surface area (Å²) in [7, 11) is -3.88. The zero-order chi connectivity index (χ0) is 30.1. The van der Waals surface area contributed by atoms with E-state index < -0.39 is 21.3 Å². The van der Waals surface area contributed by atoms with E-state index in [4.69, 9.17) is 27.9 Å². The van der Waals surface area contributed by atoms with Crippen LogP contribution >= 0.6 is 23.2 Å². The molecule has 42 heavy (non-hydrogen) atoms. The summed E-state index contributed by atoms with van der Waals surface area (Å²) >= 11 is 12.5. The van der Waals surface area contributed by atoms with Gasteiger partial charge in [-0.1, -0.05) is 47.5 Å². The Kier molecular flexibility index (Phi) is 8.36. The van der Waals surface area contributed by atoms with Gasteiger partial charge in [0.05, 0.1) is 24.2 Å². The maximum Gasteiger partial charge on any atom is 0.302 e. The largest absolute Gasteiger partial charge is 0.466 e. The number of ether oxygens (including phenoxy) is 1. The third-order valence-corrected chi connectivity index (χ3v) is 9.19. The second-order valence-corrected chi connectivity index (χ2v) is 13.1. The van der Waals surface area contributed by atoms with Gasteiger partial charge in [0.2, 0.25) is 5.95 Å². The maximum absolute atomic E-state index is 14.2. The molecule has 1 aliphatic rings. The molecule has 0 saturated carbocycles. The molecule has 10 nitrogen and oxygen atoms in total. The number of rotatable bonds is 10. The zero-order valence-electron chi connectivity index (χ0n) is 22.8. The van der Waals surface area contributed by atoms with Crippen molar-refractivity contribution in [2.75, 3.05) is 17.3 Å². The van der Waals surface area contributed by atoms with E-state index in [0.717, 1.165) is 16.7 Å². The Labute approximate surface area is 253 Å². The first-order chi connectivity index (χ1) is 20.0. The molecule has 1 unspecified atom stereocenters. The lowest BCUT2D eigenvalue weighted by Crippen LogP contribution is -2.42. The van der Waals surface area contributed by atoms with Gasteiger partial charge in [-0.25, -0.2) is 28.3 Å². The van der Waals surface area contributed by atoms with Crippen molar-refractivity contribution in [1.82, 2.24) is 19.5 Å². The number of unbranched alkanes of at least 4 members (excludes halogenated alkanes) is 1. The first-order valence-electron chi connectivity index (χ1n) is 13.1. The van der Waals surface area contributed by atoms with Crippen molar-refractivity contribution in [2.45, 2.75) is 43.7 Å². The van der Waals surface area contributed by atoms with Gasteiger partial charge in [0.15, 0.2) is 14.9 Å². The highest BCUT2D eigenvalue weighted by Crippen LogP contribution is 2.44. The van der Waals surface area contributed by atoms with Gasteiger partial charge >= 0.3 is 5.97 Å². The number of carbonyl (C=O) groups is 2. The first kappa shape index (κ1) is 29.7. The van der Waals surface area contributed by atoms with Crippen LogP contribution in [0.1, 0.15) is 32.3 Å². The molecule has 0 saturated heterocycles. The van der Waals surface area contributed by atoms with Gasteiger partial charge in [-0.3, -0.25) is 14.2 Å². The third kappa shape index (κ3) is 5.90. The lowest BCUT2D eigenvalue weighted by atomic mass is 9.91. The number of anilines is 2. The number of fused-ring (bicyclic) bond motifs is 1. The van der Waals surface area contributed by atoms with E-state index in [0.29, 0.717) is 22.2 Å². The van der Waals surface area contributed by atoms with Crippen molar-refractivity contribution < 1.29 is 22.7 Å². The smallest absolute Gasteiger partial charge is 0.302 e. The molecule has 0 bridgehead atoms. The molecular weight excluding hydrogens is 601 g/mol. The van der Waals surface area contributed by atoms with E-state index in [-0.39, 0.29) is 42.1 Å². The van der Waals surface area contributed by atoms with Crippen molar-refractivity contribution in [3.8, 4) is 11.1 Å². The van der Waals surface area contributed by atoms with E-state index in [2.05, 4.69) is 15.0 Å². The molecule has 0 aliphatic carbocycles. The molecule has 0 N–H and O–H groups in total. The van der Waals surface area contributed by atoms with Gasteiger partial charge in [-0.05, 0) is 49.1 Å². The van der Waals surface area contributed by atoms with Crippen LogP contribution in [0.25, 0.3) is 11.1 Å². The predicted molar refractivity (Wildman–Crippen MR) is 159 cm³/mol. The molecule has 4 aromatic rings. The summed E-state index contributed by atoms with van der Waals surface area (Å²) in [6.45, 7) is 3.12. The SMILES string of the molecule is CC(=O)OCCCCS(=O)(=O)c1cnc2n1C(C)(Cc1ccc(-c3cncnc3)cc1)C(=O)N2c1cc(Cl)cc(Cl)c1. The highest BCUT2D eigenvalue weighted by Gasteiger charge is 2.51. The van der Waals surface area contributed by atoms with Crippen LogP contribution in [0, 0.1) is 0 Å². The fourth-order valence-electron chi connectivity index (χ4n) is 5.03. The van der Waals surface area contributed by atoms with Gasteiger partial charge in [0, 0.05) is 41.3 Å². The fourth-order valence-corrected chi connectivity index (χ4v) is 7.11. The highest BCUT2D eigenvalue weighted by molar-refractivity contribution is 7.91. The van der Waals surface area contributed by atoms with E-state index in [1.54, 1.807) is 37.5 Å². The van der Waals surface area contributed by atoms with E-state index >= 15 is 0 Å². The first-order valence-corrected chi connectivity index (χ1v) is 15.5. The van der Waals surface area contributed by atoms with E-state index in [1.807, 2.05) is 24.3 Å². The van der Waals surface area contributed by atoms with Gasteiger partial charge in [-0.2, -0.15) is 0 Å². The third-order valence-electron chi connectivity index (χ3n) is 7.00. The van der Waals surface area contributed by atoms with Crippen molar-refractivity contribution in [1.29, 1.82) is 0 Å². The Morgan fingerprint density at radius 1 is 0.976 bits per heavy atom. The van der Waals surface area contributed by atoms with Gasteiger partial charge in [0.25, 0.3) is 5.91 Å². The van der Waals surface area contributed by atoms with Crippen LogP contribution in [0.4, 0.5) is 11.6 Å². The highest BCUT2D eigenvalue weighted by atomic mass is 35.5. The molecular formula is C29H27Cl2N5O5S. The van der Waals surface area contributed by atoms with Crippen molar-refractivity contribution in [2.24, 2.45) is 0 Å². The van der Waals surface area contributed by atoms with Gasteiger partial charge in [0.1, 0.15) is 11.9 Å². The van der Waals surface area contributed by atoms with Crippen LogP contribution in [-0.4, -0.2) is 52.2 Å². The molecule has 2 aromatic carbocycles. The fraction of sp³-hybridized carbons (Fsp3) is 0.276. The van der Waals surface area contributed by atoms with Crippen LogP contribution in [0.3, 0.4) is 0 Å². The second-order valence-electron chi connectivity index (χ2n) is 10.1. The Bertz CT molecular complexity index is 1730. The molecule has 1 atom stereocenters. The molecule has 3 heterocycles. The average molecular weight is 629 g/mol. The topological polar surface area (TPSA) is 124 Å². The minimum atomic E-state index is -3.88. The van der Waals surface area contributed by atoms with Crippen LogP contribution in [0.15, 0.2) is 72.4 Å². The normalized spacial score (nSPS) is 16.5. The maximum atomic E-state index is 14.2. The number of halogens is 2. The Balaban J connectivity index is 1.52. The summed E-state index contributed by atoms with van der Waals surface area (Å²) in [6, 6.07) is 12.3. The molecule has 0 spiro atoms. The van der Waals surface area contributed by atoms with Gasteiger partial charge in [-0.15, -0.1) is 0 Å². The van der Waals surface area contributed by atoms with Crippen LogP contribution in [-0.2, 0) is 36.1 Å². The summed E-state index contributed by atoms with van der Waals surface area (Å²) in [5.74, 6) is -0.860. The van der Waals surface area contributed by atoms with Crippen LogP contribution < -0.4 is 4.90 Å². The van der Waals surface area contributed by atoms with E-state index in [9.17, 15) is 18.0 Å². The molecule has 5 rings (SSSR count). The summed E-state index contributed by atoms with van der Waals surface area (Å²) in [4.78, 5) is 39.1. The summed E-state index contributed by atoms with van der Waals surface area (Å²) in [5, 5.41) is 0.561. The number of imidazole rings is 1. The zero-order valence-corrected chi connectivity index (χ0v) is 25.2. The number of esters is 1. The van der Waals surface area contributed by atoms with Crippen LogP contribution in [0.5, 0.6) is 0 Å². The number of hydrogen-bond donors (Lipinski definition) is 0. The minimum absolute atomic E-state index is 0.0745. The minimum Gasteiger partial charge on any atom is -0.466 e.